The van der Waals surface area contributed by atoms with E-state index in [-0.39, 0.29) is 0 Å². The van der Waals surface area contributed by atoms with Gasteiger partial charge in [0.15, 0.2) is 0 Å². The summed E-state index contributed by atoms with van der Waals surface area (Å²) < 4.78 is 4.58. The van der Waals surface area contributed by atoms with Gasteiger partial charge in [-0.05, 0) is 12.3 Å². The maximum absolute atomic E-state index is 10.1. The van der Waals surface area contributed by atoms with Crippen molar-refractivity contribution >= 4 is 17.9 Å². The molecule has 0 spiro atoms. The summed E-state index contributed by atoms with van der Waals surface area (Å²) in [6.45, 7) is 4.64. The number of carbonyl (C=O) groups excluding carboxylic acids is 1. The largest absolute Gasteiger partial charge is 0.458 e. The molecule has 9 heavy (non-hydrogen) atoms. The number of hydrogen-bond donors (Lipinski definition) is 1. The molecule has 0 unspecified atom stereocenters. The molecule has 0 fully saturated rings. The number of ether oxygens (including phenoxy) is 1. The Bertz CT molecular complexity index is 91.1. The summed E-state index contributed by atoms with van der Waals surface area (Å²) in [5.74, 6) is 0.581. The van der Waals surface area contributed by atoms with Crippen molar-refractivity contribution in [2.24, 2.45) is 5.92 Å². The van der Waals surface area contributed by atoms with Gasteiger partial charge in [-0.25, -0.2) is 4.79 Å². The number of hydrogen-bond acceptors (Lipinski definition) is 2. The monoisotopic (exact) mass is 148 g/mol. The lowest BCUT2D eigenvalue weighted by Crippen LogP contribution is -1.99. The fourth-order valence-electron chi connectivity index (χ4n) is 0.382. The molecule has 0 aliphatic heterocycles. The SMILES string of the molecule is CC(C)CCOC(=O)S. The van der Waals surface area contributed by atoms with Crippen LogP contribution in [0.1, 0.15) is 20.3 Å². The molecule has 3 heteroatoms. The first-order valence-corrected chi connectivity index (χ1v) is 3.43. The molecule has 0 atom stereocenters. The third kappa shape index (κ3) is 7.82. The van der Waals surface area contributed by atoms with Crippen molar-refractivity contribution in [2.75, 3.05) is 6.61 Å². The van der Waals surface area contributed by atoms with Crippen molar-refractivity contribution < 1.29 is 9.53 Å². The highest BCUT2D eigenvalue weighted by Crippen LogP contribution is 1.99. The molecule has 0 radical (unpaired) electrons. The van der Waals surface area contributed by atoms with Crippen molar-refractivity contribution in [3.8, 4) is 0 Å². The van der Waals surface area contributed by atoms with Crippen LogP contribution >= 0.6 is 12.6 Å². The van der Waals surface area contributed by atoms with E-state index < -0.39 is 5.30 Å². The van der Waals surface area contributed by atoms with E-state index >= 15 is 0 Å². The minimum Gasteiger partial charge on any atom is -0.458 e. The quantitative estimate of drug-likeness (QED) is 0.490. The second-order valence-electron chi connectivity index (χ2n) is 2.30. The Morgan fingerprint density at radius 3 is 2.56 bits per heavy atom. The van der Waals surface area contributed by atoms with Crippen LogP contribution < -0.4 is 0 Å². The highest BCUT2D eigenvalue weighted by atomic mass is 32.1. The van der Waals surface area contributed by atoms with Gasteiger partial charge in [0.05, 0.1) is 6.61 Å². The molecular formula is C6H12O2S. The molecule has 0 aromatic rings. The lowest BCUT2D eigenvalue weighted by Gasteiger charge is -2.02. The van der Waals surface area contributed by atoms with Crippen molar-refractivity contribution in [2.45, 2.75) is 20.3 Å². The molecule has 0 aromatic carbocycles. The summed E-state index contributed by atoms with van der Waals surface area (Å²) in [4.78, 5) is 10.1. The normalized spacial score (nSPS) is 9.78. The van der Waals surface area contributed by atoms with E-state index in [0.717, 1.165) is 6.42 Å². The molecule has 0 aromatic heterocycles. The Kier molecular flexibility index (Phi) is 4.58. The Morgan fingerprint density at radius 1 is 1.67 bits per heavy atom. The van der Waals surface area contributed by atoms with Crippen molar-refractivity contribution in [3.05, 3.63) is 0 Å². The van der Waals surface area contributed by atoms with Gasteiger partial charge in [0, 0.05) is 0 Å². The smallest absolute Gasteiger partial charge is 0.364 e. The predicted molar refractivity (Wildman–Crippen MR) is 39.8 cm³/mol. The van der Waals surface area contributed by atoms with Crippen LogP contribution in [0.5, 0.6) is 0 Å². The second-order valence-corrected chi connectivity index (χ2v) is 2.66. The van der Waals surface area contributed by atoms with Crippen molar-refractivity contribution in [1.29, 1.82) is 0 Å². The molecule has 0 aliphatic carbocycles. The standard InChI is InChI=1S/C6H12O2S/c1-5(2)3-4-8-6(7)9/h5H,3-4H2,1-2H3,(H,7,9). The zero-order valence-corrected chi connectivity index (χ0v) is 6.65. The highest BCUT2D eigenvalue weighted by molar-refractivity contribution is 7.96. The average Bonchev–Trinajstić information content (AvgIpc) is 1.63. The maximum atomic E-state index is 10.1. The van der Waals surface area contributed by atoms with Gasteiger partial charge in [-0.2, -0.15) is 0 Å². The fourth-order valence-corrected chi connectivity index (χ4v) is 0.473. The first-order valence-electron chi connectivity index (χ1n) is 2.98. The van der Waals surface area contributed by atoms with Crippen LogP contribution in [-0.2, 0) is 4.74 Å². The van der Waals surface area contributed by atoms with Crippen LogP contribution in [0.2, 0.25) is 0 Å². The summed E-state index contributed by atoms with van der Waals surface area (Å²) in [5.41, 5.74) is 0. The van der Waals surface area contributed by atoms with Gasteiger partial charge in [0.25, 0.3) is 0 Å². The first-order chi connectivity index (χ1) is 4.13. The summed E-state index contributed by atoms with van der Waals surface area (Å²) in [6, 6.07) is 0. The average molecular weight is 148 g/mol. The predicted octanol–water partition coefficient (Wildman–Crippen LogP) is 2.10. The number of thiol groups is 1. The molecule has 0 bridgehead atoms. The van der Waals surface area contributed by atoms with Gasteiger partial charge >= 0.3 is 5.30 Å². The molecule has 2 nitrogen and oxygen atoms in total. The molecule has 0 saturated carbocycles. The third-order valence-electron chi connectivity index (χ3n) is 0.921. The molecule has 0 amide bonds. The number of carbonyl (C=O) groups is 1. The van der Waals surface area contributed by atoms with Gasteiger partial charge in [0.2, 0.25) is 0 Å². The van der Waals surface area contributed by atoms with Crippen LogP contribution in [0.4, 0.5) is 4.79 Å². The van der Waals surface area contributed by atoms with Crippen LogP contribution in [0, 0.1) is 5.92 Å². The van der Waals surface area contributed by atoms with Crippen LogP contribution in [-0.4, -0.2) is 11.9 Å². The molecule has 0 rings (SSSR count). The van der Waals surface area contributed by atoms with E-state index in [2.05, 4.69) is 31.2 Å². The van der Waals surface area contributed by atoms with E-state index in [1.807, 2.05) is 0 Å². The molecular weight excluding hydrogens is 136 g/mol. The van der Waals surface area contributed by atoms with E-state index in [1.54, 1.807) is 0 Å². The van der Waals surface area contributed by atoms with Crippen molar-refractivity contribution in [1.82, 2.24) is 0 Å². The molecule has 54 valence electrons. The minimum absolute atomic E-state index is 0.486. The molecule has 0 saturated heterocycles. The Hall–Kier alpha value is -0.180. The van der Waals surface area contributed by atoms with Gasteiger partial charge in [-0.3, -0.25) is 0 Å². The zero-order chi connectivity index (χ0) is 7.28. The first kappa shape index (κ1) is 8.82. The highest BCUT2D eigenvalue weighted by Gasteiger charge is 1.95. The lowest BCUT2D eigenvalue weighted by molar-refractivity contribution is 0.169. The Labute approximate surface area is 61.0 Å². The molecule has 0 heterocycles. The van der Waals surface area contributed by atoms with Crippen LogP contribution in [0.3, 0.4) is 0 Å². The van der Waals surface area contributed by atoms with E-state index in [1.165, 1.54) is 0 Å². The van der Waals surface area contributed by atoms with E-state index in [9.17, 15) is 4.79 Å². The lowest BCUT2D eigenvalue weighted by atomic mass is 10.1. The van der Waals surface area contributed by atoms with Crippen LogP contribution in [0.15, 0.2) is 0 Å². The summed E-state index contributed by atoms with van der Waals surface area (Å²) >= 11 is 3.44. The van der Waals surface area contributed by atoms with Crippen LogP contribution in [0.25, 0.3) is 0 Å². The Balaban J connectivity index is 3.01. The third-order valence-corrected chi connectivity index (χ3v) is 1.05. The van der Waals surface area contributed by atoms with E-state index in [0.29, 0.717) is 12.5 Å². The molecule has 0 aliphatic rings. The summed E-state index contributed by atoms with van der Waals surface area (Å²) in [6.07, 6.45) is 0.909. The maximum Gasteiger partial charge on any atom is 0.364 e. The zero-order valence-electron chi connectivity index (χ0n) is 5.76. The second kappa shape index (κ2) is 4.68. The van der Waals surface area contributed by atoms with E-state index in [4.69, 9.17) is 0 Å². The molecule has 0 N–H and O–H groups in total. The fraction of sp³-hybridized carbons (Fsp3) is 0.833. The minimum atomic E-state index is -0.490. The number of rotatable bonds is 3. The Morgan fingerprint density at radius 2 is 2.22 bits per heavy atom. The van der Waals surface area contributed by atoms with Gasteiger partial charge in [-0.15, -0.1) is 0 Å². The summed E-state index contributed by atoms with van der Waals surface area (Å²) in [7, 11) is 0. The summed E-state index contributed by atoms with van der Waals surface area (Å²) in [5, 5.41) is -0.490. The van der Waals surface area contributed by atoms with Gasteiger partial charge in [-0.1, -0.05) is 26.5 Å². The van der Waals surface area contributed by atoms with Crippen molar-refractivity contribution in [3.63, 3.8) is 0 Å². The topological polar surface area (TPSA) is 26.3 Å². The van der Waals surface area contributed by atoms with Gasteiger partial charge < -0.3 is 4.74 Å². The van der Waals surface area contributed by atoms with Gasteiger partial charge in [0.1, 0.15) is 0 Å².